The Morgan fingerprint density at radius 3 is 2.84 bits per heavy atom. The minimum Gasteiger partial charge on any atom is -0.494 e. The minimum atomic E-state index is -0.307. The zero-order chi connectivity index (χ0) is 13.8. The van der Waals surface area contributed by atoms with Crippen molar-refractivity contribution in [3.05, 3.63) is 23.8 Å². The van der Waals surface area contributed by atoms with Gasteiger partial charge in [0.2, 0.25) is 0 Å². The third-order valence-corrected chi connectivity index (χ3v) is 3.46. The van der Waals surface area contributed by atoms with Crippen LogP contribution in [0, 0.1) is 5.82 Å². The molecule has 0 aliphatic heterocycles. The first-order valence-corrected chi connectivity index (χ1v) is 6.88. The largest absolute Gasteiger partial charge is 0.494 e. The maximum absolute atomic E-state index is 13.4. The first kappa shape index (κ1) is 13.8. The molecule has 2 rings (SSSR count). The normalized spacial score (nSPS) is 12.8. The second kappa shape index (κ2) is 6.04. The van der Waals surface area contributed by atoms with Gasteiger partial charge in [0.05, 0.1) is 12.6 Å². The van der Waals surface area contributed by atoms with Gasteiger partial charge in [0.25, 0.3) is 0 Å². The number of halogens is 1. The molecule has 19 heavy (non-hydrogen) atoms. The van der Waals surface area contributed by atoms with E-state index in [0.717, 1.165) is 12.2 Å². The molecule has 0 amide bonds. The molecule has 1 unspecified atom stereocenters. The molecule has 0 radical (unpaired) electrons. The summed E-state index contributed by atoms with van der Waals surface area (Å²) in [6, 6.07) is 2.84. The van der Waals surface area contributed by atoms with E-state index in [-0.39, 0.29) is 5.82 Å². The van der Waals surface area contributed by atoms with Crippen LogP contribution >= 0.6 is 0 Å². The second-order valence-electron chi connectivity index (χ2n) is 5.02. The lowest BCUT2D eigenvalue weighted by Gasteiger charge is -2.06. The van der Waals surface area contributed by atoms with E-state index in [1.807, 2.05) is 0 Å². The molecule has 1 atom stereocenters. The Hall–Kier alpha value is -1.58. The van der Waals surface area contributed by atoms with Gasteiger partial charge in [-0.15, -0.1) is 0 Å². The summed E-state index contributed by atoms with van der Waals surface area (Å²) in [6.07, 6.45) is 4.74. The molecule has 0 saturated carbocycles. The summed E-state index contributed by atoms with van der Waals surface area (Å²) >= 11 is 0. The van der Waals surface area contributed by atoms with Gasteiger partial charge in [0, 0.05) is 12.0 Å². The SMILES string of the molecule is CCCCCC(C)c1nc2c(OC)cc(F)cc2[nH]1. The summed E-state index contributed by atoms with van der Waals surface area (Å²) in [5, 5.41) is 0. The highest BCUT2D eigenvalue weighted by Crippen LogP contribution is 2.28. The van der Waals surface area contributed by atoms with E-state index in [1.54, 1.807) is 0 Å². The summed E-state index contributed by atoms with van der Waals surface area (Å²) in [5.41, 5.74) is 1.41. The number of ether oxygens (including phenoxy) is 1. The van der Waals surface area contributed by atoms with Crippen LogP contribution in [-0.4, -0.2) is 17.1 Å². The number of unbranched alkanes of at least 4 members (excludes halogenated alkanes) is 2. The van der Waals surface area contributed by atoms with Crippen molar-refractivity contribution in [1.82, 2.24) is 9.97 Å². The molecule has 0 bridgehead atoms. The Morgan fingerprint density at radius 1 is 1.37 bits per heavy atom. The molecule has 0 spiro atoms. The van der Waals surface area contributed by atoms with Crippen molar-refractivity contribution in [1.29, 1.82) is 0 Å². The topological polar surface area (TPSA) is 37.9 Å². The van der Waals surface area contributed by atoms with Crippen LogP contribution in [-0.2, 0) is 0 Å². The molecule has 2 aromatic rings. The van der Waals surface area contributed by atoms with Crippen molar-refractivity contribution in [3.63, 3.8) is 0 Å². The lowest BCUT2D eigenvalue weighted by molar-refractivity contribution is 0.415. The van der Waals surface area contributed by atoms with Crippen molar-refractivity contribution in [2.24, 2.45) is 0 Å². The summed E-state index contributed by atoms with van der Waals surface area (Å²) in [5.74, 6) is 1.44. The Kier molecular flexibility index (Phi) is 4.40. The van der Waals surface area contributed by atoms with Gasteiger partial charge in [-0.1, -0.05) is 33.1 Å². The average molecular weight is 264 g/mol. The summed E-state index contributed by atoms with van der Waals surface area (Å²) < 4.78 is 18.6. The standard InChI is InChI=1S/C15H21FN2O/c1-4-5-6-7-10(2)15-17-12-8-11(16)9-13(19-3)14(12)18-15/h8-10H,4-7H2,1-3H3,(H,17,18). The summed E-state index contributed by atoms with van der Waals surface area (Å²) in [7, 11) is 1.53. The maximum Gasteiger partial charge on any atom is 0.149 e. The average Bonchev–Trinajstić information content (AvgIpc) is 2.81. The van der Waals surface area contributed by atoms with Gasteiger partial charge in [0.15, 0.2) is 0 Å². The molecule has 1 aromatic heterocycles. The van der Waals surface area contributed by atoms with E-state index >= 15 is 0 Å². The zero-order valence-corrected chi connectivity index (χ0v) is 11.8. The van der Waals surface area contributed by atoms with Crippen LogP contribution < -0.4 is 4.74 Å². The highest BCUT2D eigenvalue weighted by atomic mass is 19.1. The van der Waals surface area contributed by atoms with Crippen LogP contribution in [0.5, 0.6) is 5.75 Å². The number of methoxy groups -OCH3 is 1. The molecule has 3 nitrogen and oxygen atoms in total. The predicted octanol–water partition coefficient (Wildman–Crippen LogP) is 4.39. The number of benzene rings is 1. The predicted molar refractivity (Wildman–Crippen MR) is 75.2 cm³/mol. The van der Waals surface area contributed by atoms with E-state index in [4.69, 9.17) is 4.74 Å². The third kappa shape index (κ3) is 3.06. The Balaban J connectivity index is 2.25. The molecule has 0 aliphatic carbocycles. The quantitative estimate of drug-likeness (QED) is 0.785. The number of hydrogen-bond acceptors (Lipinski definition) is 2. The van der Waals surface area contributed by atoms with Crippen molar-refractivity contribution < 1.29 is 9.13 Å². The number of imidazole rings is 1. The lowest BCUT2D eigenvalue weighted by Crippen LogP contribution is -1.96. The van der Waals surface area contributed by atoms with E-state index in [1.165, 1.54) is 38.5 Å². The number of hydrogen-bond donors (Lipinski definition) is 1. The number of nitrogens with one attached hydrogen (secondary N) is 1. The van der Waals surface area contributed by atoms with Gasteiger partial charge >= 0.3 is 0 Å². The van der Waals surface area contributed by atoms with Crippen LogP contribution in [0.25, 0.3) is 11.0 Å². The maximum atomic E-state index is 13.4. The number of nitrogens with zero attached hydrogens (tertiary/aromatic N) is 1. The Morgan fingerprint density at radius 2 is 2.16 bits per heavy atom. The van der Waals surface area contributed by atoms with Gasteiger partial charge in [-0.3, -0.25) is 0 Å². The van der Waals surface area contributed by atoms with Gasteiger partial charge in [-0.25, -0.2) is 9.37 Å². The molecule has 1 heterocycles. The van der Waals surface area contributed by atoms with E-state index in [2.05, 4.69) is 23.8 Å². The first-order valence-electron chi connectivity index (χ1n) is 6.88. The zero-order valence-electron chi connectivity index (χ0n) is 11.8. The van der Waals surface area contributed by atoms with Gasteiger partial charge in [-0.05, 0) is 12.5 Å². The number of aromatic nitrogens is 2. The third-order valence-electron chi connectivity index (χ3n) is 3.46. The highest BCUT2D eigenvalue weighted by Gasteiger charge is 2.14. The number of rotatable bonds is 6. The summed E-state index contributed by atoms with van der Waals surface area (Å²) in [4.78, 5) is 7.76. The van der Waals surface area contributed by atoms with Gasteiger partial charge in [-0.2, -0.15) is 0 Å². The van der Waals surface area contributed by atoms with E-state index in [0.29, 0.717) is 22.7 Å². The van der Waals surface area contributed by atoms with Crippen molar-refractivity contribution in [2.45, 2.75) is 45.4 Å². The Bertz CT molecular complexity index is 550. The lowest BCUT2D eigenvalue weighted by atomic mass is 10.0. The van der Waals surface area contributed by atoms with Gasteiger partial charge in [0.1, 0.15) is 22.9 Å². The highest BCUT2D eigenvalue weighted by molar-refractivity contribution is 5.82. The van der Waals surface area contributed by atoms with Crippen molar-refractivity contribution >= 4 is 11.0 Å². The fourth-order valence-electron chi connectivity index (χ4n) is 2.30. The molecule has 4 heteroatoms. The fraction of sp³-hybridized carbons (Fsp3) is 0.533. The molecule has 104 valence electrons. The van der Waals surface area contributed by atoms with E-state index in [9.17, 15) is 4.39 Å². The molecule has 0 fully saturated rings. The van der Waals surface area contributed by atoms with Crippen molar-refractivity contribution in [3.8, 4) is 5.75 Å². The number of aromatic amines is 1. The van der Waals surface area contributed by atoms with Crippen LogP contribution in [0.4, 0.5) is 4.39 Å². The molecular weight excluding hydrogens is 243 g/mol. The van der Waals surface area contributed by atoms with Crippen LogP contribution in [0.15, 0.2) is 12.1 Å². The Labute approximate surface area is 113 Å². The second-order valence-corrected chi connectivity index (χ2v) is 5.02. The molecule has 1 aromatic carbocycles. The summed E-state index contributed by atoms with van der Waals surface area (Å²) in [6.45, 7) is 4.34. The van der Waals surface area contributed by atoms with Gasteiger partial charge < -0.3 is 9.72 Å². The first-order chi connectivity index (χ1) is 9.15. The smallest absolute Gasteiger partial charge is 0.149 e. The molecular formula is C15H21FN2O. The number of H-pyrrole nitrogens is 1. The van der Waals surface area contributed by atoms with Crippen molar-refractivity contribution in [2.75, 3.05) is 7.11 Å². The molecule has 0 aliphatic rings. The minimum absolute atomic E-state index is 0.307. The van der Waals surface area contributed by atoms with Crippen LogP contribution in [0.1, 0.15) is 51.3 Å². The monoisotopic (exact) mass is 264 g/mol. The van der Waals surface area contributed by atoms with E-state index < -0.39 is 0 Å². The van der Waals surface area contributed by atoms with Crippen LogP contribution in [0.3, 0.4) is 0 Å². The molecule has 0 saturated heterocycles. The fourth-order valence-corrected chi connectivity index (χ4v) is 2.30. The van der Waals surface area contributed by atoms with Crippen LogP contribution in [0.2, 0.25) is 0 Å². The number of fused-ring (bicyclic) bond motifs is 1. The molecule has 1 N–H and O–H groups in total.